The summed E-state index contributed by atoms with van der Waals surface area (Å²) >= 11 is 0. The Morgan fingerprint density at radius 2 is 1.65 bits per heavy atom. The van der Waals surface area contributed by atoms with Crippen LogP contribution in [-0.2, 0) is 16.0 Å². The number of ether oxygens (including phenoxy) is 1. The van der Waals surface area contributed by atoms with Crippen molar-refractivity contribution in [1.82, 2.24) is 0 Å². The Morgan fingerprint density at radius 3 is 2.19 bits per heavy atom. The van der Waals surface area contributed by atoms with Crippen molar-refractivity contribution in [3.63, 3.8) is 0 Å². The number of alkyl halides is 3. The van der Waals surface area contributed by atoms with Gasteiger partial charge in [-0.2, -0.15) is 0 Å². The standard InChI is InChI=1S/C18H16F3NO4/c19-18(20,21)26-15-8-6-14(7-9-15)22-17(25)13(11-16(23)24)10-12-4-2-1-3-5-12/h1-9,13H,10-11H2,(H,22,25)(H,23,24)/p-1/t13-/m1/s1. The molecule has 0 aliphatic heterocycles. The normalized spacial score (nSPS) is 12.3. The third kappa shape index (κ3) is 6.46. The van der Waals surface area contributed by atoms with Crippen molar-refractivity contribution in [2.24, 2.45) is 5.92 Å². The maximum atomic E-state index is 12.4. The lowest BCUT2D eigenvalue weighted by atomic mass is 9.95. The van der Waals surface area contributed by atoms with Crippen LogP contribution in [0.25, 0.3) is 0 Å². The van der Waals surface area contributed by atoms with Crippen LogP contribution >= 0.6 is 0 Å². The second kappa shape index (κ2) is 8.37. The van der Waals surface area contributed by atoms with Gasteiger partial charge in [0.2, 0.25) is 5.91 Å². The summed E-state index contributed by atoms with van der Waals surface area (Å²) in [5.74, 6) is -3.24. The molecule has 138 valence electrons. The number of aliphatic carboxylic acids is 1. The van der Waals surface area contributed by atoms with E-state index in [2.05, 4.69) is 10.1 Å². The number of carboxylic acid groups (broad SMARTS) is 1. The zero-order chi connectivity index (χ0) is 19.2. The maximum absolute atomic E-state index is 12.4. The number of anilines is 1. The fourth-order valence-electron chi connectivity index (χ4n) is 2.34. The number of nitrogens with one attached hydrogen (secondary N) is 1. The molecule has 2 aromatic rings. The van der Waals surface area contributed by atoms with Gasteiger partial charge in [0, 0.05) is 17.6 Å². The lowest BCUT2D eigenvalue weighted by Gasteiger charge is -2.18. The molecule has 0 aromatic heterocycles. The third-order valence-corrected chi connectivity index (χ3v) is 3.46. The summed E-state index contributed by atoms with van der Waals surface area (Å²) in [5.41, 5.74) is 1.00. The van der Waals surface area contributed by atoms with E-state index in [0.717, 1.165) is 17.7 Å². The van der Waals surface area contributed by atoms with Crippen molar-refractivity contribution >= 4 is 17.6 Å². The Balaban J connectivity index is 2.05. The molecule has 0 aliphatic rings. The van der Waals surface area contributed by atoms with E-state index in [0.29, 0.717) is 0 Å². The topological polar surface area (TPSA) is 78.5 Å². The number of halogens is 3. The lowest BCUT2D eigenvalue weighted by Crippen LogP contribution is -2.32. The summed E-state index contributed by atoms with van der Waals surface area (Å²) in [6, 6.07) is 13.4. The maximum Gasteiger partial charge on any atom is 0.573 e. The largest absolute Gasteiger partial charge is 0.573 e. The van der Waals surface area contributed by atoms with Crippen LogP contribution in [0, 0.1) is 5.92 Å². The Morgan fingerprint density at radius 1 is 1.04 bits per heavy atom. The number of rotatable bonds is 7. The highest BCUT2D eigenvalue weighted by molar-refractivity contribution is 5.94. The van der Waals surface area contributed by atoms with Gasteiger partial charge in [0.15, 0.2) is 0 Å². The van der Waals surface area contributed by atoms with E-state index in [1.165, 1.54) is 12.1 Å². The molecule has 0 heterocycles. The highest BCUT2D eigenvalue weighted by Crippen LogP contribution is 2.24. The van der Waals surface area contributed by atoms with Crippen LogP contribution in [0.15, 0.2) is 54.6 Å². The molecule has 0 unspecified atom stereocenters. The average Bonchev–Trinajstić information content (AvgIpc) is 2.55. The quantitative estimate of drug-likeness (QED) is 0.817. The predicted molar refractivity (Wildman–Crippen MR) is 85.0 cm³/mol. The second-order valence-corrected chi connectivity index (χ2v) is 5.52. The summed E-state index contributed by atoms with van der Waals surface area (Å²) in [4.78, 5) is 23.3. The summed E-state index contributed by atoms with van der Waals surface area (Å²) in [6.45, 7) is 0. The van der Waals surface area contributed by atoms with Gasteiger partial charge in [-0.1, -0.05) is 30.3 Å². The smallest absolute Gasteiger partial charge is 0.550 e. The van der Waals surface area contributed by atoms with Gasteiger partial charge in [-0.05, 0) is 42.7 Å². The molecule has 5 nitrogen and oxygen atoms in total. The van der Waals surface area contributed by atoms with Crippen molar-refractivity contribution in [3.05, 3.63) is 60.2 Å². The molecule has 0 radical (unpaired) electrons. The minimum Gasteiger partial charge on any atom is -0.550 e. The summed E-state index contributed by atoms with van der Waals surface area (Å²) < 4.78 is 40.1. The highest BCUT2D eigenvalue weighted by atomic mass is 19.4. The van der Waals surface area contributed by atoms with Gasteiger partial charge in [-0.3, -0.25) is 4.79 Å². The number of hydrogen-bond donors (Lipinski definition) is 1. The molecule has 0 saturated heterocycles. The monoisotopic (exact) mass is 366 g/mol. The Labute approximate surface area is 147 Å². The third-order valence-electron chi connectivity index (χ3n) is 3.46. The van der Waals surface area contributed by atoms with Crippen molar-refractivity contribution in [3.8, 4) is 5.75 Å². The fourth-order valence-corrected chi connectivity index (χ4v) is 2.34. The molecule has 26 heavy (non-hydrogen) atoms. The summed E-state index contributed by atoms with van der Waals surface area (Å²) in [7, 11) is 0. The van der Waals surface area contributed by atoms with Crippen LogP contribution in [0.5, 0.6) is 5.75 Å². The van der Waals surface area contributed by atoms with Crippen LogP contribution in [0.4, 0.5) is 18.9 Å². The molecule has 2 aromatic carbocycles. The first-order valence-electron chi connectivity index (χ1n) is 7.63. The number of carboxylic acids is 1. The van der Waals surface area contributed by atoms with Crippen LogP contribution in [0.3, 0.4) is 0 Å². The molecule has 0 bridgehead atoms. The number of carbonyl (C=O) groups is 2. The van der Waals surface area contributed by atoms with Gasteiger partial charge >= 0.3 is 6.36 Å². The van der Waals surface area contributed by atoms with Crippen LogP contribution < -0.4 is 15.2 Å². The minimum absolute atomic E-state index is 0.190. The Kier molecular flexibility index (Phi) is 6.21. The predicted octanol–water partition coefficient (Wildman–Crippen LogP) is 2.52. The summed E-state index contributed by atoms with van der Waals surface area (Å²) in [5, 5.41) is 13.4. The molecular weight excluding hydrogens is 351 g/mol. The highest BCUT2D eigenvalue weighted by Gasteiger charge is 2.31. The molecule has 1 N–H and O–H groups in total. The van der Waals surface area contributed by atoms with Crippen molar-refractivity contribution in [1.29, 1.82) is 0 Å². The molecule has 0 aliphatic carbocycles. The van der Waals surface area contributed by atoms with Gasteiger partial charge in [0.05, 0.1) is 0 Å². The van der Waals surface area contributed by atoms with Crippen LogP contribution in [-0.4, -0.2) is 18.2 Å². The minimum atomic E-state index is -4.81. The molecule has 2 rings (SSSR count). The summed E-state index contributed by atoms with van der Waals surface area (Å²) in [6.07, 6.45) is -5.09. The first-order chi connectivity index (χ1) is 12.2. The SMILES string of the molecule is O=C([O-])C[C@@H](Cc1ccccc1)C(=O)Nc1ccc(OC(F)(F)F)cc1. The Bertz CT molecular complexity index is 745. The van der Waals surface area contributed by atoms with E-state index in [1.54, 1.807) is 30.3 Å². The van der Waals surface area contributed by atoms with Gasteiger partial charge in [-0.25, -0.2) is 0 Å². The molecule has 0 spiro atoms. The first-order valence-corrected chi connectivity index (χ1v) is 7.63. The molecule has 1 atom stereocenters. The van der Waals surface area contributed by atoms with Crippen LogP contribution in [0.1, 0.15) is 12.0 Å². The number of amides is 1. The van der Waals surface area contributed by atoms with E-state index in [9.17, 15) is 27.9 Å². The van der Waals surface area contributed by atoms with Crippen molar-refractivity contribution < 1.29 is 32.6 Å². The van der Waals surface area contributed by atoms with Gasteiger partial charge in [-0.15, -0.1) is 13.2 Å². The van der Waals surface area contributed by atoms with Gasteiger partial charge in [0.1, 0.15) is 5.75 Å². The van der Waals surface area contributed by atoms with Crippen LogP contribution in [0.2, 0.25) is 0 Å². The van der Waals surface area contributed by atoms with Crippen molar-refractivity contribution in [2.45, 2.75) is 19.2 Å². The van der Waals surface area contributed by atoms with Gasteiger partial charge in [0.25, 0.3) is 0 Å². The first kappa shape index (κ1) is 19.3. The number of hydrogen-bond acceptors (Lipinski definition) is 4. The molecule has 0 fully saturated rings. The Hall–Kier alpha value is -3.03. The second-order valence-electron chi connectivity index (χ2n) is 5.52. The zero-order valence-electron chi connectivity index (χ0n) is 13.5. The lowest BCUT2D eigenvalue weighted by molar-refractivity contribution is -0.306. The van der Waals surface area contributed by atoms with E-state index in [1.807, 2.05) is 0 Å². The van der Waals surface area contributed by atoms with E-state index in [4.69, 9.17) is 0 Å². The molecular formula is C18H15F3NO4-. The molecule has 8 heteroatoms. The van der Waals surface area contributed by atoms with Gasteiger partial charge < -0.3 is 20.0 Å². The zero-order valence-corrected chi connectivity index (χ0v) is 13.5. The average molecular weight is 366 g/mol. The van der Waals surface area contributed by atoms with E-state index in [-0.39, 0.29) is 12.1 Å². The van der Waals surface area contributed by atoms with Crippen molar-refractivity contribution in [2.75, 3.05) is 5.32 Å². The number of benzene rings is 2. The molecule has 1 amide bonds. The fraction of sp³-hybridized carbons (Fsp3) is 0.222. The van der Waals surface area contributed by atoms with E-state index >= 15 is 0 Å². The number of carbonyl (C=O) groups excluding carboxylic acids is 2. The molecule has 0 saturated carbocycles. The van der Waals surface area contributed by atoms with E-state index < -0.39 is 36.3 Å².